The molecule has 2 fully saturated rings. The second-order valence-corrected chi connectivity index (χ2v) is 22.7. The first kappa shape index (κ1) is 26.7. The SMILES string of the molecule is CC(C)(C)[Si](C)(C)O[C@@H]1[C@@H](O[Si](C)(C)C(C)(C)C)CN2O[C@H](c3c(Cl)cccc3Cl)C[C@@H]12. The van der Waals surface area contributed by atoms with Crippen molar-refractivity contribution in [2.24, 2.45) is 0 Å². The van der Waals surface area contributed by atoms with Crippen LogP contribution in [0, 0.1) is 0 Å². The summed E-state index contributed by atoms with van der Waals surface area (Å²) in [5.74, 6) is 0. The molecule has 1 aromatic carbocycles. The van der Waals surface area contributed by atoms with Crippen LogP contribution in [0.3, 0.4) is 0 Å². The van der Waals surface area contributed by atoms with E-state index in [1.165, 1.54) is 0 Å². The predicted molar refractivity (Wildman–Crippen MR) is 140 cm³/mol. The predicted octanol–water partition coefficient (Wildman–Crippen LogP) is 7.83. The van der Waals surface area contributed by atoms with Crippen LogP contribution in [0.2, 0.25) is 46.3 Å². The molecule has 0 N–H and O–H groups in total. The molecule has 2 aliphatic rings. The first-order valence-corrected chi connectivity index (χ1v) is 18.2. The standard InChI is InChI=1S/C24H41Cl2NO3Si2/c1-23(2,3)31(7,8)29-20-15-27-18(22(20)30-32(9,10)24(4,5)6)14-19(28-27)21-16(25)12-11-13-17(21)26/h11-13,18-20,22H,14-15H2,1-10H3/t18-,19-,20-,22-/m0/s1. The van der Waals surface area contributed by atoms with Gasteiger partial charge in [0.05, 0.1) is 24.8 Å². The summed E-state index contributed by atoms with van der Waals surface area (Å²) < 4.78 is 14.0. The third-order valence-corrected chi connectivity index (χ3v) is 17.6. The van der Waals surface area contributed by atoms with Crippen LogP contribution in [-0.2, 0) is 13.7 Å². The summed E-state index contributed by atoms with van der Waals surface area (Å²) in [5, 5.41) is 3.64. The van der Waals surface area contributed by atoms with E-state index < -0.39 is 16.6 Å². The van der Waals surface area contributed by atoms with Gasteiger partial charge in [0.25, 0.3) is 0 Å². The molecule has 0 amide bonds. The van der Waals surface area contributed by atoms with Crippen molar-refractivity contribution in [1.29, 1.82) is 0 Å². The van der Waals surface area contributed by atoms with Gasteiger partial charge in [0.1, 0.15) is 6.10 Å². The lowest BCUT2D eigenvalue weighted by Gasteiger charge is -2.43. The number of hydroxylamine groups is 2. The van der Waals surface area contributed by atoms with Crippen molar-refractivity contribution in [1.82, 2.24) is 5.06 Å². The van der Waals surface area contributed by atoms with Crippen LogP contribution in [0.1, 0.15) is 59.6 Å². The molecule has 32 heavy (non-hydrogen) atoms. The van der Waals surface area contributed by atoms with Gasteiger partial charge >= 0.3 is 0 Å². The Morgan fingerprint density at radius 3 is 1.91 bits per heavy atom. The Morgan fingerprint density at radius 1 is 0.906 bits per heavy atom. The Bertz CT molecular complexity index is 815. The summed E-state index contributed by atoms with van der Waals surface area (Å²) in [6.45, 7) is 23.7. The second-order valence-electron chi connectivity index (χ2n) is 12.4. The Kier molecular flexibility index (Phi) is 7.45. The Labute approximate surface area is 207 Å². The van der Waals surface area contributed by atoms with E-state index in [1.54, 1.807) is 0 Å². The van der Waals surface area contributed by atoms with Crippen LogP contribution in [0.4, 0.5) is 0 Å². The van der Waals surface area contributed by atoms with Gasteiger partial charge in [0.15, 0.2) is 16.6 Å². The first-order chi connectivity index (χ1) is 14.4. The second kappa shape index (κ2) is 8.94. The molecule has 2 heterocycles. The summed E-state index contributed by atoms with van der Waals surface area (Å²) in [6, 6.07) is 5.75. The maximum Gasteiger partial charge on any atom is 0.192 e. The van der Waals surface area contributed by atoms with E-state index in [2.05, 4.69) is 72.8 Å². The lowest BCUT2D eigenvalue weighted by atomic mass is 10.00. The number of halogens is 2. The minimum atomic E-state index is -2.01. The monoisotopic (exact) mass is 517 g/mol. The fraction of sp³-hybridized carbons (Fsp3) is 0.750. The lowest BCUT2D eigenvalue weighted by Crippen LogP contribution is -2.53. The fourth-order valence-electron chi connectivity index (χ4n) is 3.95. The molecule has 0 aromatic heterocycles. The molecule has 182 valence electrons. The number of hydrogen-bond acceptors (Lipinski definition) is 4. The first-order valence-electron chi connectivity index (χ1n) is 11.7. The minimum Gasteiger partial charge on any atom is -0.410 e. The van der Waals surface area contributed by atoms with E-state index >= 15 is 0 Å². The lowest BCUT2D eigenvalue weighted by molar-refractivity contribution is -0.155. The van der Waals surface area contributed by atoms with Gasteiger partial charge in [0, 0.05) is 22.0 Å². The number of fused-ring (bicyclic) bond motifs is 1. The van der Waals surface area contributed by atoms with Gasteiger partial charge in [-0.25, -0.2) is 0 Å². The van der Waals surface area contributed by atoms with Gasteiger partial charge in [0.2, 0.25) is 0 Å². The zero-order chi connectivity index (χ0) is 24.3. The third-order valence-electron chi connectivity index (χ3n) is 8.00. The number of rotatable bonds is 5. The van der Waals surface area contributed by atoms with E-state index in [-0.39, 0.29) is 34.4 Å². The highest BCUT2D eigenvalue weighted by atomic mass is 35.5. The largest absolute Gasteiger partial charge is 0.410 e. The maximum absolute atomic E-state index is 7.04. The van der Waals surface area contributed by atoms with Crippen molar-refractivity contribution in [2.75, 3.05) is 6.54 Å². The third kappa shape index (κ3) is 5.18. The summed E-state index contributed by atoms with van der Waals surface area (Å²) in [7, 11) is -3.98. The molecular weight excluding hydrogens is 477 g/mol. The van der Waals surface area contributed by atoms with Crippen LogP contribution >= 0.6 is 23.2 Å². The van der Waals surface area contributed by atoms with Gasteiger partial charge in [-0.1, -0.05) is 70.8 Å². The van der Waals surface area contributed by atoms with Crippen LogP contribution < -0.4 is 0 Å². The molecule has 0 saturated carbocycles. The summed E-state index contributed by atoms with van der Waals surface area (Å²) in [6.07, 6.45) is 0.592. The molecule has 0 radical (unpaired) electrons. The highest BCUT2D eigenvalue weighted by Crippen LogP contribution is 2.48. The number of benzene rings is 1. The van der Waals surface area contributed by atoms with Crippen molar-refractivity contribution in [3.05, 3.63) is 33.8 Å². The van der Waals surface area contributed by atoms with E-state index in [9.17, 15) is 0 Å². The van der Waals surface area contributed by atoms with Crippen molar-refractivity contribution < 1.29 is 13.7 Å². The molecule has 0 bridgehead atoms. The molecular formula is C24H41Cl2NO3Si2. The minimum absolute atomic E-state index is 0.00214. The van der Waals surface area contributed by atoms with Crippen LogP contribution in [0.15, 0.2) is 18.2 Å². The van der Waals surface area contributed by atoms with Gasteiger partial charge in [-0.3, -0.25) is 4.84 Å². The van der Waals surface area contributed by atoms with Crippen LogP contribution in [0.5, 0.6) is 0 Å². The molecule has 0 unspecified atom stereocenters. The summed E-state index contributed by atoms with van der Waals surface area (Å²) in [4.78, 5) is 6.43. The summed E-state index contributed by atoms with van der Waals surface area (Å²) in [5.41, 5.74) is 0.873. The summed E-state index contributed by atoms with van der Waals surface area (Å²) >= 11 is 13.0. The Hall–Kier alpha value is 0.0738. The molecule has 3 rings (SSSR count). The Balaban J connectivity index is 1.90. The maximum atomic E-state index is 7.04. The molecule has 1 aromatic rings. The van der Waals surface area contributed by atoms with Crippen LogP contribution in [-0.4, -0.2) is 46.5 Å². The topological polar surface area (TPSA) is 30.9 Å². The molecule has 0 spiro atoms. The number of hydrogen-bond donors (Lipinski definition) is 0. The van der Waals surface area contributed by atoms with E-state index in [1.807, 2.05) is 18.2 Å². The zero-order valence-corrected chi connectivity index (χ0v) is 24.9. The molecule has 8 heteroatoms. The van der Waals surface area contributed by atoms with E-state index in [0.29, 0.717) is 16.6 Å². The average Bonchev–Trinajstić information content (AvgIpc) is 3.11. The average molecular weight is 519 g/mol. The molecule has 4 nitrogen and oxygen atoms in total. The van der Waals surface area contributed by atoms with Gasteiger partial charge in [-0.05, 0) is 48.4 Å². The molecule has 2 aliphatic heterocycles. The van der Waals surface area contributed by atoms with Crippen molar-refractivity contribution in [3.63, 3.8) is 0 Å². The van der Waals surface area contributed by atoms with Gasteiger partial charge in [-0.2, -0.15) is 5.06 Å². The van der Waals surface area contributed by atoms with Crippen molar-refractivity contribution in [3.8, 4) is 0 Å². The van der Waals surface area contributed by atoms with Gasteiger partial charge in [-0.15, -0.1) is 0 Å². The normalized spacial score (nSPS) is 27.8. The zero-order valence-electron chi connectivity index (χ0n) is 21.4. The highest BCUT2D eigenvalue weighted by molar-refractivity contribution is 6.74. The quantitative estimate of drug-likeness (QED) is 0.372. The molecule has 4 atom stereocenters. The molecule has 2 saturated heterocycles. The Morgan fingerprint density at radius 2 is 1.41 bits per heavy atom. The van der Waals surface area contributed by atoms with E-state index in [0.717, 1.165) is 12.0 Å². The highest BCUT2D eigenvalue weighted by Gasteiger charge is 2.55. The smallest absolute Gasteiger partial charge is 0.192 e. The molecule has 0 aliphatic carbocycles. The van der Waals surface area contributed by atoms with Crippen molar-refractivity contribution in [2.45, 2.75) is 109 Å². The van der Waals surface area contributed by atoms with E-state index in [4.69, 9.17) is 36.9 Å². The van der Waals surface area contributed by atoms with Crippen molar-refractivity contribution >= 4 is 39.8 Å². The van der Waals surface area contributed by atoms with Crippen LogP contribution in [0.25, 0.3) is 0 Å². The number of nitrogens with zero attached hydrogens (tertiary/aromatic N) is 1. The fourth-order valence-corrected chi connectivity index (χ4v) is 7.25. The van der Waals surface area contributed by atoms with Gasteiger partial charge < -0.3 is 8.85 Å².